The van der Waals surface area contributed by atoms with Crippen LogP contribution in [-0.4, -0.2) is 56.5 Å². The van der Waals surface area contributed by atoms with E-state index < -0.39 is 9.84 Å². The van der Waals surface area contributed by atoms with Crippen molar-refractivity contribution in [3.05, 3.63) is 53.6 Å². The van der Waals surface area contributed by atoms with Crippen molar-refractivity contribution in [1.82, 2.24) is 0 Å². The van der Waals surface area contributed by atoms with E-state index >= 15 is 0 Å². The summed E-state index contributed by atoms with van der Waals surface area (Å²) in [6.45, 7) is 1.99. The Morgan fingerprint density at radius 2 is 1.81 bits per heavy atom. The minimum absolute atomic E-state index is 0.0709. The van der Waals surface area contributed by atoms with Crippen LogP contribution in [0.2, 0.25) is 0 Å². The van der Waals surface area contributed by atoms with Crippen LogP contribution in [-0.2, 0) is 21.1 Å². The van der Waals surface area contributed by atoms with Gasteiger partial charge in [-0.15, -0.1) is 0 Å². The van der Waals surface area contributed by atoms with E-state index in [9.17, 15) is 13.2 Å². The molecule has 2 aliphatic heterocycles. The number of ether oxygens (including phenoxy) is 2. The van der Waals surface area contributed by atoms with Crippen LogP contribution >= 0.6 is 11.8 Å². The molecule has 0 bridgehead atoms. The standard InChI is InChI=1S/C22H24N2O5S2/c1-14-4-7-16(8-5-14)24-17-12-31(26,27)13-20(17)30-22(24)23-21(25)11-15-6-9-18(28-2)19(10-15)29-3/h4-10,17,20H,11-13H2,1-3H3/t17-,20-/m1/s1. The molecule has 0 radical (unpaired) electrons. The number of amides is 1. The number of carbonyl (C=O) groups is 1. The van der Waals surface area contributed by atoms with Gasteiger partial charge in [-0.3, -0.25) is 4.79 Å². The molecule has 2 atom stereocenters. The molecule has 0 aromatic heterocycles. The largest absolute Gasteiger partial charge is 0.493 e. The molecule has 1 amide bonds. The Bertz CT molecular complexity index is 1130. The van der Waals surface area contributed by atoms with E-state index in [4.69, 9.17) is 9.47 Å². The van der Waals surface area contributed by atoms with Crippen LogP contribution in [0.4, 0.5) is 5.69 Å². The number of rotatable bonds is 5. The molecule has 9 heteroatoms. The second-order valence-electron chi connectivity index (χ2n) is 7.66. The van der Waals surface area contributed by atoms with Gasteiger partial charge >= 0.3 is 0 Å². The highest BCUT2D eigenvalue weighted by molar-refractivity contribution is 8.16. The molecule has 2 saturated heterocycles. The number of sulfone groups is 1. The van der Waals surface area contributed by atoms with E-state index in [1.54, 1.807) is 32.4 Å². The van der Waals surface area contributed by atoms with E-state index in [1.165, 1.54) is 11.8 Å². The lowest BCUT2D eigenvalue weighted by Gasteiger charge is -2.24. The van der Waals surface area contributed by atoms with Crippen LogP contribution in [0.15, 0.2) is 47.5 Å². The lowest BCUT2D eigenvalue weighted by Crippen LogP contribution is -2.37. The molecule has 0 spiro atoms. The Morgan fingerprint density at radius 3 is 2.48 bits per heavy atom. The fraction of sp³-hybridized carbons (Fsp3) is 0.364. The van der Waals surface area contributed by atoms with Gasteiger partial charge in [-0.25, -0.2) is 8.42 Å². The van der Waals surface area contributed by atoms with Crippen LogP contribution in [0, 0.1) is 6.92 Å². The predicted octanol–water partition coefficient (Wildman–Crippen LogP) is 2.86. The number of amidine groups is 1. The fourth-order valence-corrected chi connectivity index (χ4v) is 7.81. The maximum Gasteiger partial charge on any atom is 0.252 e. The second kappa shape index (κ2) is 8.55. The topological polar surface area (TPSA) is 85.3 Å². The van der Waals surface area contributed by atoms with Gasteiger partial charge in [0.05, 0.1) is 38.2 Å². The number of methoxy groups -OCH3 is 2. The lowest BCUT2D eigenvalue weighted by molar-refractivity contribution is -0.117. The van der Waals surface area contributed by atoms with Gasteiger partial charge in [0.1, 0.15) is 0 Å². The van der Waals surface area contributed by atoms with Gasteiger partial charge in [0.25, 0.3) is 5.91 Å². The van der Waals surface area contributed by atoms with Crippen LogP contribution < -0.4 is 14.4 Å². The van der Waals surface area contributed by atoms with Crippen LogP contribution in [0.25, 0.3) is 0 Å². The normalized spacial score (nSPS) is 23.1. The Kier molecular flexibility index (Phi) is 5.98. The van der Waals surface area contributed by atoms with E-state index in [0.717, 1.165) is 16.8 Å². The van der Waals surface area contributed by atoms with E-state index in [2.05, 4.69) is 4.99 Å². The van der Waals surface area contributed by atoms with E-state index in [0.29, 0.717) is 16.7 Å². The number of aryl methyl sites for hydroxylation is 1. The highest BCUT2D eigenvalue weighted by Crippen LogP contribution is 2.41. The number of benzene rings is 2. The van der Waals surface area contributed by atoms with E-state index in [1.807, 2.05) is 36.1 Å². The maximum absolute atomic E-state index is 12.8. The molecule has 0 N–H and O–H groups in total. The zero-order chi connectivity index (χ0) is 22.2. The molecule has 2 heterocycles. The lowest BCUT2D eigenvalue weighted by atomic mass is 10.1. The molecule has 0 saturated carbocycles. The van der Waals surface area contributed by atoms with Gasteiger partial charge in [0, 0.05) is 10.9 Å². The van der Waals surface area contributed by atoms with Crippen molar-refractivity contribution in [3.8, 4) is 11.5 Å². The number of hydrogen-bond acceptors (Lipinski definition) is 6. The van der Waals surface area contributed by atoms with Gasteiger partial charge in [0.2, 0.25) is 0 Å². The summed E-state index contributed by atoms with van der Waals surface area (Å²) in [5.41, 5.74) is 2.72. The number of thioether (sulfide) groups is 1. The van der Waals surface area contributed by atoms with Crippen molar-refractivity contribution in [2.75, 3.05) is 30.6 Å². The molecule has 0 unspecified atom stereocenters. The number of anilines is 1. The van der Waals surface area contributed by atoms with Crippen molar-refractivity contribution in [3.63, 3.8) is 0 Å². The average Bonchev–Trinajstić information content (AvgIpc) is 3.19. The maximum atomic E-state index is 12.8. The van der Waals surface area contributed by atoms with Gasteiger partial charge in [-0.05, 0) is 36.8 Å². The third-order valence-electron chi connectivity index (χ3n) is 5.40. The van der Waals surface area contributed by atoms with Crippen LogP contribution in [0.5, 0.6) is 11.5 Å². The molecule has 2 aliphatic rings. The van der Waals surface area contributed by atoms with Crippen LogP contribution in [0.3, 0.4) is 0 Å². The smallest absolute Gasteiger partial charge is 0.252 e. The summed E-state index contributed by atoms with van der Waals surface area (Å²) in [5.74, 6) is 1.02. The molecule has 2 fully saturated rings. The van der Waals surface area contributed by atoms with Gasteiger partial charge in [-0.2, -0.15) is 4.99 Å². The van der Waals surface area contributed by atoms with Crippen molar-refractivity contribution >= 4 is 38.4 Å². The summed E-state index contributed by atoms with van der Waals surface area (Å²) in [6, 6.07) is 12.9. The number of carbonyl (C=O) groups excluding carboxylic acids is 1. The summed E-state index contributed by atoms with van der Waals surface area (Å²) in [5, 5.41) is 0.429. The summed E-state index contributed by atoms with van der Waals surface area (Å²) in [6.07, 6.45) is 0.111. The van der Waals surface area contributed by atoms with Crippen molar-refractivity contribution in [1.29, 1.82) is 0 Å². The van der Waals surface area contributed by atoms with Crippen molar-refractivity contribution in [2.45, 2.75) is 24.6 Å². The highest BCUT2D eigenvalue weighted by Gasteiger charge is 2.49. The van der Waals surface area contributed by atoms with Gasteiger partial charge < -0.3 is 14.4 Å². The summed E-state index contributed by atoms with van der Waals surface area (Å²) < 4.78 is 34.9. The van der Waals surface area contributed by atoms with Gasteiger partial charge in [-0.1, -0.05) is 35.5 Å². The zero-order valence-electron chi connectivity index (χ0n) is 17.6. The molecule has 7 nitrogen and oxygen atoms in total. The van der Waals surface area contributed by atoms with Crippen molar-refractivity contribution in [2.24, 2.45) is 4.99 Å². The molecule has 31 heavy (non-hydrogen) atoms. The molecule has 2 aromatic carbocycles. The third kappa shape index (κ3) is 4.57. The van der Waals surface area contributed by atoms with Crippen molar-refractivity contribution < 1.29 is 22.7 Å². The van der Waals surface area contributed by atoms with Gasteiger partial charge in [0.15, 0.2) is 26.5 Å². The third-order valence-corrected chi connectivity index (χ3v) is 8.61. The molecular formula is C22H24N2O5S2. The molecular weight excluding hydrogens is 436 g/mol. The van der Waals surface area contributed by atoms with Crippen LogP contribution in [0.1, 0.15) is 11.1 Å². The first-order valence-corrected chi connectivity index (χ1v) is 12.5. The number of aliphatic imine (C=N–C) groups is 1. The Balaban J connectivity index is 1.60. The minimum Gasteiger partial charge on any atom is -0.493 e. The molecule has 4 rings (SSSR count). The first-order chi connectivity index (χ1) is 14.8. The second-order valence-corrected chi connectivity index (χ2v) is 11.0. The highest BCUT2D eigenvalue weighted by atomic mass is 32.2. The number of hydrogen-bond donors (Lipinski definition) is 0. The Morgan fingerprint density at radius 1 is 1.10 bits per heavy atom. The molecule has 0 aliphatic carbocycles. The zero-order valence-corrected chi connectivity index (χ0v) is 19.2. The number of fused-ring (bicyclic) bond motifs is 1. The monoisotopic (exact) mass is 460 g/mol. The first-order valence-electron chi connectivity index (χ1n) is 9.85. The summed E-state index contributed by atoms with van der Waals surface area (Å²) >= 11 is 1.37. The predicted molar refractivity (Wildman–Crippen MR) is 123 cm³/mol. The quantitative estimate of drug-likeness (QED) is 0.678. The SMILES string of the molecule is COc1ccc(CC(=O)N=C2S[C@@H]3CS(=O)(=O)C[C@H]3N2c2ccc(C)cc2)cc1OC. The minimum atomic E-state index is -3.10. The first kappa shape index (κ1) is 21.7. The Hall–Kier alpha value is -2.52. The molecule has 164 valence electrons. The average molecular weight is 461 g/mol. The number of nitrogens with zero attached hydrogens (tertiary/aromatic N) is 2. The Labute approximate surface area is 186 Å². The summed E-state index contributed by atoms with van der Waals surface area (Å²) in [4.78, 5) is 19.1. The summed E-state index contributed by atoms with van der Waals surface area (Å²) in [7, 11) is 0.00742. The van der Waals surface area contributed by atoms with E-state index in [-0.39, 0.29) is 35.1 Å². The fourth-order valence-electron chi connectivity index (χ4n) is 3.88. The molecule has 2 aromatic rings.